The molecule has 1 saturated heterocycles. The van der Waals surface area contributed by atoms with E-state index in [0.717, 1.165) is 40.8 Å². The number of aromatic nitrogens is 2. The highest BCUT2D eigenvalue weighted by molar-refractivity contribution is 6.36. The number of imidazole rings is 1. The Kier molecular flexibility index (Phi) is 6.10. The van der Waals surface area contributed by atoms with Gasteiger partial charge in [-0.25, -0.2) is 4.98 Å². The predicted octanol–water partition coefficient (Wildman–Crippen LogP) is 6.43. The van der Waals surface area contributed by atoms with Crippen LogP contribution in [0.25, 0.3) is 11.4 Å². The first-order valence-electron chi connectivity index (χ1n) is 9.82. The highest BCUT2D eigenvalue weighted by Gasteiger charge is 2.33. The van der Waals surface area contributed by atoms with E-state index < -0.39 is 0 Å². The van der Waals surface area contributed by atoms with Crippen LogP contribution in [-0.2, 0) is 4.74 Å². The molecular weight excluding hydrogens is 429 g/mol. The molecule has 3 atom stereocenters. The van der Waals surface area contributed by atoms with Crippen molar-refractivity contribution in [2.45, 2.75) is 45.6 Å². The molecule has 2 heterocycles. The maximum absolute atomic E-state index is 6.55. The summed E-state index contributed by atoms with van der Waals surface area (Å²) in [5.74, 6) is 1.24. The van der Waals surface area contributed by atoms with E-state index in [0.29, 0.717) is 16.0 Å². The molecule has 2 aromatic rings. The van der Waals surface area contributed by atoms with Gasteiger partial charge in [-0.05, 0) is 43.5 Å². The fourth-order valence-corrected chi connectivity index (χ4v) is 4.52. The second-order valence-electron chi connectivity index (χ2n) is 7.86. The van der Waals surface area contributed by atoms with Crippen LogP contribution in [0.2, 0.25) is 10.0 Å². The smallest absolute Gasteiger partial charge is 0.153 e. The Morgan fingerprint density at radius 3 is 2.66 bits per heavy atom. The predicted molar refractivity (Wildman–Crippen MR) is 120 cm³/mol. The maximum atomic E-state index is 6.55. The molecule has 1 aliphatic carbocycles. The largest absolute Gasteiger partial charge is 0.353 e. The number of rotatable bonds is 4. The van der Waals surface area contributed by atoms with Gasteiger partial charge in [0.05, 0.1) is 17.2 Å². The lowest BCUT2D eigenvalue weighted by atomic mass is 10.1. The molecule has 1 aliphatic heterocycles. The topological polar surface area (TPSA) is 39.1 Å². The van der Waals surface area contributed by atoms with Crippen molar-refractivity contribution in [1.29, 1.82) is 0 Å². The standard InChI is InChI=1S/C22H24Cl3N3O/c1-12(2)19-11-26-22(29-19)20-13(3)28(16-7-4-14(23)5-8-16)21(27-20)17-9-6-15(24)10-18(17)25/h4-7,9-10,12,16,19,22,26H,8,11H2,1-3H3. The van der Waals surface area contributed by atoms with Gasteiger partial charge in [0, 0.05) is 27.9 Å². The van der Waals surface area contributed by atoms with Crippen molar-refractivity contribution in [2.75, 3.05) is 6.54 Å². The minimum absolute atomic E-state index is 0.0998. The molecule has 1 aromatic heterocycles. The Balaban J connectivity index is 1.80. The monoisotopic (exact) mass is 451 g/mol. The van der Waals surface area contributed by atoms with Gasteiger partial charge in [0.2, 0.25) is 0 Å². The summed E-state index contributed by atoms with van der Waals surface area (Å²) in [6, 6.07) is 5.60. The molecule has 0 radical (unpaired) electrons. The van der Waals surface area contributed by atoms with Crippen molar-refractivity contribution in [1.82, 2.24) is 14.9 Å². The summed E-state index contributed by atoms with van der Waals surface area (Å²) >= 11 is 18.8. The first-order valence-corrected chi connectivity index (χ1v) is 11.0. The minimum atomic E-state index is -0.236. The quantitative estimate of drug-likeness (QED) is 0.581. The van der Waals surface area contributed by atoms with Crippen molar-refractivity contribution >= 4 is 34.8 Å². The van der Waals surface area contributed by atoms with Crippen molar-refractivity contribution in [3.8, 4) is 11.4 Å². The molecule has 4 rings (SSSR count). The first kappa shape index (κ1) is 21.0. The average Bonchev–Trinajstić information content (AvgIpc) is 3.28. The molecule has 1 N–H and O–H groups in total. The van der Waals surface area contributed by atoms with Gasteiger partial charge >= 0.3 is 0 Å². The van der Waals surface area contributed by atoms with Crippen LogP contribution in [0.4, 0.5) is 0 Å². The second kappa shape index (κ2) is 8.44. The van der Waals surface area contributed by atoms with Crippen LogP contribution in [0.1, 0.15) is 43.9 Å². The molecule has 154 valence electrons. The fraction of sp³-hybridized carbons (Fsp3) is 0.409. The summed E-state index contributed by atoms with van der Waals surface area (Å²) in [6.45, 7) is 7.23. The lowest BCUT2D eigenvalue weighted by molar-refractivity contribution is 0.0149. The molecule has 2 aliphatic rings. The maximum Gasteiger partial charge on any atom is 0.153 e. The molecule has 1 aromatic carbocycles. The number of halogens is 3. The first-order chi connectivity index (χ1) is 13.8. The van der Waals surface area contributed by atoms with E-state index in [9.17, 15) is 0 Å². The number of nitrogens with one attached hydrogen (secondary N) is 1. The van der Waals surface area contributed by atoms with Gasteiger partial charge in [0.25, 0.3) is 0 Å². The molecule has 7 heteroatoms. The van der Waals surface area contributed by atoms with Crippen LogP contribution >= 0.6 is 34.8 Å². The fourth-order valence-electron chi connectivity index (χ4n) is 3.87. The molecule has 29 heavy (non-hydrogen) atoms. The Morgan fingerprint density at radius 1 is 1.24 bits per heavy atom. The van der Waals surface area contributed by atoms with Gasteiger partial charge in [-0.2, -0.15) is 0 Å². The van der Waals surface area contributed by atoms with E-state index in [-0.39, 0.29) is 18.4 Å². The van der Waals surface area contributed by atoms with Gasteiger partial charge in [0.1, 0.15) is 11.5 Å². The van der Waals surface area contributed by atoms with Crippen LogP contribution in [-0.4, -0.2) is 22.2 Å². The summed E-state index contributed by atoms with van der Waals surface area (Å²) in [7, 11) is 0. The van der Waals surface area contributed by atoms with Crippen LogP contribution in [0.15, 0.2) is 41.5 Å². The minimum Gasteiger partial charge on any atom is -0.353 e. The normalized spacial score (nSPS) is 24.4. The zero-order chi connectivity index (χ0) is 20.7. The SMILES string of the molecule is Cc1c(C2NCC(C(C)C)O2)nc(-c2ccc(Cl)cc2Cl)n1C1C=CC(Cl)=CC1. The third-order valence-corrected chi connectivity index (χ3v) is 6.36. The Hall–Kier alpha value is -1.30. The van der Waals surface area contributed by atoms with Crippen LogP contribution in [0.3, 0.4) is 0 Å². The lowest BCUT2D eigenvalue weighted by Gasteiger charge is -2.21. The van der Waals surface area contributed by atoms with Crippen LogP contribution in [0.5, 0.6) is 0 Å². The number of nitrogens with zero attached hydrogens (tertiary/aromatic N) is 2. The molecule has 4 nitrogen and oxygen atoms in total. The van der Waals surface area contributed by atoms with Crippen molar-refractivity contribution in [3.63, 3.8) is 0 Å². The third kappa shape index (κ3) is 4.14. The van der Waals surface area contributed by atoms with Gasteiger partial charge in [0.15, 0.2) is 6.23 Å². The van der Waals surface area contributed by atoms with E-state index in [1.54, 1.807) is 6.07 Å². The lowest BCUT2D eigenvalue weighted by Crippen LogP contribution is -2.19. The Morgan fingerprint density at radius 2 is 2.03 bits per heavy atom. The molecule has 0 spiro atoms. The third-order valence-electron chi connectivity index (χ3n) is 5.53. The number of ether oxygens (including phenoxy) is 1. The Bertz CT molecular complexity index is 980. The van der Waals surface area contributed by atoms with Crippen molar-refractivity contribution in [2.24, 2.45) is 5.92 Å². The van der Waals surface area contributed by atoms with Crippen molar-refractivity contribution < 1.29 is 4.74 Å². The van der Waals surface area contributed by atoms with Gasteiger partial charge in [-0.3, -0.25) is 5.32 Å². The summed E-state index contributed by atoms with van der Waals surface area (Å²) in [5, 5.41) is 5.40. The van der Waals surface area contributed by atoms with Gasteiger partial charge < -0.3 is 9.30 Å². The van der Waals surface area contributed by atoms with E-state index in [2.05, 4.69) is 36.7 Å². The highest BCUT2D eigenvalue weighted by atomic mass is 35.5. The molecule has 3 unspecified atom stereocenters. The summed E-state index contributed by atoms with van der Waals surface area (Å²) in [6.07, 6.45) is 6.79. The average molecular weight is 453 g/mol. The van der Waals surface area contributed by atoms with Gasteiger partial charge in [-0.15, -0.1) is 0 Å². The number of hydrogen-bond acceptors (Lipinski definition) is 3. The molecular formula is C22H24Cl3N3O. The molecule has 0 amide bonds. The zero-order valence-electron chi connectivity index (χ0n) is 16.6. The van der Waals surface area contributed by atoms with Crippen LogP contribution in [0, 0.1) is 12.8 Å². The number of allylic oxidation sites excluding steroid dienone is 4. The van der Waals surface area contributed by atoms with Crippen LogP contribution < -0.4 is 5.32 Å². The summed E-state index contributed by atoms with van der Waals surface area (Å²) in [4.78, 5) is 5.00. The highest BCUT2D eigenvalue weighted by Crippen LogP contribution is 2.38. The van der Waals surface area contributed by atoms with E-state index in [4.69, 9.17) is 44.5 Å². The van der Waals surface area contributed by atoms with Gasteiger partial charge in [-0.1, -0.05) is 60.8 Å². The summed E-state index contributed by atoms with van der Waals surface area (Å²) < 4.78 is 8.47. The van der Waals surface area contributed by atoms with E-state index in [1.807, 2.05) is 24.3 Å². The second-order valence-corrected chi connectivity index (χ2v) is 9.14. The molecule has 0 bridgehead atoms. The molecule has 1 fully saturated rings. The number of hydrogen-bond donors (Lipinski definition) is 1. The van der Waals surface area contributed by atoms with Crippen molar-refractivity contribution in [3.05, 3.63) is 62.9 Å². The zero-order valence-corrected chi connectivity index (χ0v) is 18.9. The number of benzene rings is 1. The Labute approximate surface area is 186 Å². The van der Waals surface area contributed by atoms with E-state index in [1.165, 1.54) is 0 Å². The summed E-state index contributed by atoms with van der Waals surface area (Å²) in [5.41, 5.74) is 2.79. The van der Waals surface area contributed by atoms with E-state index >= 15 is 0 Å². The molecule has 0 saturated carbocycles.